The number of carbonyl (C=O) groups is 2. The molecule has 2 heterocycles. The summed E-state index contributed by atoms with van der Waals surface area (Å²) in [6.07, 6.45) is 0.743. The van der Waals surface area contributed by atoms with Crippen LogP contribution in [0.4, 0.5) is 0 Å². The number of aromatic nitrogens is 2. The summed E-state index contributed by atoms with van der Waals surface area (Å²) in [4.78, 5) is 26.0. The van der Waals surface area contributed by atoms with Gasteiger partial charge in [0.25, 0.3) is 5.91 Å². The van der Waals surface area contributed by atoms with Crippen molar-refractivity contribution in [2.45, 2.75) is 52.3 Å². The standard InChI is InChI=1S/C36H35N3O4/c1-23-31-20-27(34(40)37-28-19-26-9-5-8-12-33(26)42-22-28)17-18-32(31)39(38-23)21-24-13-15-25(16-14-24)29-10-6-7-11-30(29)35(41)43-36(2,3)4/h5-18,20,28H,19,21-22H2,1-4H3,(H,37,40)/t28-/m0/s1. The second-order valence-electron chi connectivity index (χ2n) is 12.0. The Labute approximate surface area is 251 Å². The predicted molar refractivity (Wildman–Crippen MR) is 168 cm³/mol. The van der Waals surface area contributed by atoms with Crippen LogP contribution < -0.4 is 10.1 Å². The summed E-state index contributed by atoms with van der Waals surface area (Å²) < 4.78 is 13.4. The van der Waals surface area contributed by atoms with Crippen molar-refractivity contribution in [1.29, 1.82) is 0 Å². The third-order valence-corrected chi connectivity index (χ3v) is 7.55. The SMILES string of the molecule is Cc1nn(Cc2ccc(-c3ccccc3C(=O)OC(C)(C)C)cc2)c2ccc(C(=O)N[C@@H]3COc4ccccc4C3)cc12. The summed E-state index contributed by atoms with van der Waals surface area (Å²) >= 11 is 0. The molecule has 1 aromatic heterocycles. The summed E-state index contributed by atoms with van der Waals surface area (Å²) in [5.74, 6) is 0.429. The molecule has 0 bridgehead atoms. The number of amides is 1. The lowest BCUT2D eigenvalue weighted by atomic mass is 9.98. The van der Waals surface area contributed by atoms with Gasteiger partial charge in [-0.3, -0.25) is 9.48 Å². The fourth-order valence-electron chi connectivity index (χ4n) is 5.50. The first kappa shape index (κ1) is 28.2. The van der Waals surface area contributed by atoms with E-state index >= 15 is 0 Å². The summed E-state index contributed by atoms with van der Waals surface area (Å²) in [5, 5.41) is 8.85. The molecule has 1 atom stereocenters. The number of carbonyl (C=O) groups excluding carboxylic acids is 2. The van der Waals surface area contributed by atoms with E-state index in [4.69, 9.17) is 14.6 Å². The summed E-state index contributed by atoms with van der Waals surface area (Å²) in [6, 6.07) is 29.2. The van der Waals surface area contributed by atoms with Gasteiger partial charge in [-0.05, 0) is 86.7 Å². The maximum atomic E-state index is 13.1. The minimum absolute atomic E-state index is 0.0824. The normalized spacial score (nSPS) is 14.6. The molecule has 0 spiro atoms. The van der Waals surface area contributed by atoms with Crippen molar-refractivity contribution >= 4 is 22.8 Å². The number of hydrogen-bond acceptors (Lipinski definition) is 5. The molecule has 5 aromatic rings. The van der Waals surface area contributed by atoms with Crippen LogP contribution in [0.3, 0.4) is 0 Å². The van der Waals surface area contributed by atoms with Gasteiger partial charge < -0.3 is 14.8 Å². The summed E-state index contributed by atoms with van der Waals surface area (Å²) in [6.45, 7) is 8.58. The monoisotopic (exact) mass is 573 g/mol. The topological polar surface area (TPSA) is 82.5 Å². The van der Waals surface area contributed by atoms with E-state index in [2.05, 4.69) is 17.4 Å². The van der Waals surface area contributed by atoms with Crippen LogP contribution in [-0.4, -0.2) is 39.9 Å². The van der Waals surface area contributed by atoms with E-state index in [1.165, 1.54) is 0 Å². The number of aryl methyl sites for hydroxylation is 1. The lowest BCUT2D eigenvalue weighted by Gasteiger charge is -2.26. The Kier molecular flexibility index (Phi) is 7.48. The number of esters is 1. The molecule has 0 saturated heterocycles. The smallest absolute Gasteiger partial charge is 0.339 e. The molecule has 43 heavy (non-hydrogen) atoms. The van der Waals surface area contributed by atoms with Crippen LogP contribution >= 0.6 is 0 Å². The zero-order valence-electron chi connectivity index (χ0n) is 24.9. The molecule has 0 aliphatic carbocycles. The van der Waals surface area contributed by atoms with Gasteiger partial charge in [-0.2, -0.15) is 5.10 Å². The van der Waals surface area contributed by atoms with Crippen LogP contribution in [0.5, 0.6) is 5.75 Å². The van der Waals surface area contributed by atoms with Gasteiger partial charge in [0.2, 0.25) is 0 Å². The van der Waals surface area contributed by atoms with Crippen molar-refractivity contribution < 1.29 is 19.1 Å². The Morgan fingerprint density at radius 1 is 0.977 bits per heavy atom. The van der Waals surface area contributed by atoms with E-state index in [1.807, 2.05) is 105 Å². The molecule has 4 aromatic carbocycles. The first-order valence-corrected chi connectivity index (χ1v) is 14.5. The summed E-state index contributed by atoms with van der Waals surface area (Å²) in [7, 11) is 0. The van der Waals surface area contributed by atoms with Gasteiger partial charge in [0.05, 0.1) is 29.4 Å². The van der Waals surface area contributed by atoms with Crippen molar-refractivity contribution in [1.82, 2.24) is 15.1 Å². The lowest BCUT2D eigenvalue weighted by molar-refractivity contribution is 0.00703. The van der Waals surface area contributed by atoms with E-state index in [1.54, 1.807) is 6.07 Å². The van der Waals surface area contributed by atoms with Gasteiger partial charge in [0.1, 0.15) is 18.0 Å². The third-order valence-electron chi connectivity index (χ3n) is 7.55. The Morgan fingerprint density at radius 2 is 1.72 bits per heavy atom. The molecule has 1 N–H and O–H groups in total. The number of fused-ring (bicyclic) bond motifs is 2. The van der Waals surface area contributed by atoms with Gasteiger partial charge in [-0.1, -0.05) is 60.7 Å². The number of ether oxygens (including phenoxy) is 2. The van der Waals surface area contributed by atoms with Gasteiger partial charge in [0.15, 0.2) is 0 Å². The zero-order valence-corrected chi connectivity index (χ0v) is 24.9. The van der Waals surface area contributed by atoms with E-state index in [9.17, 15) is 9.59 Å². The Bertz CT molecular complexity index is 1820. The highest BCUT2D eigenvalue weighted by atomic mass is 16.6. The van der Waals surface area contributed by atoms with Crippen LogP contribution in [0.1, 0.15) is 58.3 Å². The van der Waals surface area contributed by atoms with Crippen LogP contribution in [0.15, 0.2) is 91.0 Å². The molecule has 0 saturated carbocycles. The second kappa shape index (κ2) is 11.4. The van der Waals surface area contributed by atoms with Crippen LogP contribution in [0.2, 0.25) is 0 Å². The third kappa shape index (κ3) is 6.16. The van der Waals surface area contributed by atoms with E-state index in [0.29, 0.717) is 24.3 Å². The molecule has 0 unspecified atom stereocenters. The van der Waals surface area contributed by atoms with Crippen molar-refractivity contribution in [3.63, 3.8) is 0 Å². The molecule has 7 nitrogen and oxygen atoms in total. The van der Waals surface area contributed by atoms with E-state index in [0.717, 1.165) is 51.0 Å². The summed E-state index contributed by atoms with van der Waals surface area (Å²) in [5.41, 5.74) is 6.34. The lowest BCUT2D eigenvalue weighted by Crippen LogP contribution is -2.42. The second-order valence-corrected chi connectivity index (χ2v) is 12.0. The minimum Gasteiger partial charge on any atom is -0.491 e. The van der Waals surface area contributed by atoms with Crippen molar-refractivity contribution in [2.75, 3.05) is 6.61 Å². The number of benzene rings is 4. The Hall–Kier alpha value is -4.91. The highest BCUT2D eigenvalue weighted by Crippen LogP contribution is 2.28. The Morgan fingerprint density at radius 3 is 2.51 bits per heavy atom. The molecule has 7 heteroatoms. The average molecular weight is 574 g/mol. The maximum Gasteiger partial charge on any atom is 0.339 e. The number of hydrogen-bond donors (Lipinski definition) is 1. The molecule has 218 valence electrons. The number of rotatable bonds is 6. The molecular formula is C36H35N3O4. The van der Waals surface area contributed by atoms with Crippen LogP contribution in [0.25, 0.3) is 22.0 Å². The highest BCUT2D eigenvalue weighted by molar-refractivity contribution is 5.99. The van der Waals surface area contributed by atoms with Crippen molar-refractivity contribution in [3.05, 3.63) is 119 Å². The average Bonchev–Trinajstić information content (AvgIpc) is 3.30. The number of nitrogens with one attached hydrogen (secondary N) is 1. The van der Waals surface area contributed by atoms with Crippen molar-refractivity contribution in [3.8, 4) is 16.9 Å². The van der Waals surface area contributed by atoms with Crippen LogP contribution in [-0.2, 0) is 17.7 Å². The highest BCUT2D eigenvalue weighted by Gasteiger charge is 2.23. The fourth-order valence-corrected chi connectivity index (χ4v) is 5.50. The van der Waals surface area contributed by atoms with E-state index < -0.39 is 5.60 Å². The molecule has 0 radical (unpaired) electrons. The molecule has 1 aliphatic heterocycles. The molecule has 0 fully saturated rings. The largest absolute Gasteiger partial charge is 0.491 e. The van der Waals surface area contributed by atoms with Gasteiger partial charge >= 0.3 is 5.97 Å². The van der Waals surface area contributed by atoms with Gasteiger partial charge in [0, 0.05) is 10.9 Å². The zero-order chi connectivity index (χ0) is 30.1. The Balaban J connectivity index is 1.17. The van der Waals surface area contributed by atoms with Gasteiger partial charge in [-0.15, -0.1) is 0 Å². The van der Waals surface area contributed by atoms with Crippen LogP contribution in [0, 0.1) is 6.92 Å². The quantitative estimate of drug-likeness (QED) is 0.227. The van der Waals surface area contributed by atoms with E-state index in [-0.39, 0.29) is 17.9 Å². The predicted octanol–water partition coefficient (Wildman–Crippen LogP) is 6.75. The van der Waals surface area contributed by atoms with Gasteiger partial charge in [-0.25, -0.2) is 4.79 Å². The molecule has 1 amide bonds. The molecule has 1 aliphatic rings. The molecule has 6 rings (SSSR count). The van der Waals surface area contributed by atoms with Crippen molar-refractivity contribution in [2.24, 2.45) is 0 Å². The number of para-hydroxylation sites is 1. The minimum atomic E-state index is -0.569. The fraction of sp³-hybridized carbons (Fsp3) is 0.250. The molecular weight excluding hydrogens is 538 g/mol. The number of nitrogens with zero attached hydrogens (tertiary/aromatic N) is 2. The maximum absolute atomic E-state index is 13.1. The first-order valence-electron chi connectivity index (χ1n) is 14.5. The first-order chi connectivity index (χ1) is 20.6.